The van der Waals surface area contributed by atoms with E-state index in [1.54, 1.807) is 6.07 Å². The van der Waals surface area contributed by atoms with E-state index in [1.807, 2.05) is 0 Å². The standard InChI is InChI=1S/C16H13F3N4O3/c1-25-15(24)23-14-21-12-5-3-9(7-13(12)22-14)26-8-2-4-11(20)10(6-8)16(17,18)19/h2-7H,20H2,1H3,(H2,21,22,23,24). The Bertz CT molecular complexity index is 969. The molecule has 1 heterocycles. The van der Waals surface area contributed by atoms with Crippen LogP contribution in [0.25, 0.3) is 11.0 Å². The number of fused-ring (bicyclic) bond motifs is 1. The number of carbonyl (C=O) groups excluding carboxylic acids is 1. The van der Waals surface area contributed by atoms with E-state index in [-0.39, 0.29) is 23.1 Å². The second kappa shape index (κ2) is 6.47. The quantitative estimate of drug-likeness (QED) is 0.605. The zero-order valence-electron chi connectivity index (χ0n) is 13.3. The van der Waals surface area contributed by atoms with E-state index >= 15 is 0 Å². The number of nitrogens with one attached hydrogen (secondary N) is 2. The van der Waals surface area contributed by atoms with Crippen molar-refractivity contribution in [1.29, 1.82) is 0 Å². The molecule has 0 radical (unpaired) electrons. The number of H-pyrrole nitrogens is 1. The van der Waals surface area contributed by atoms with E-state index < -0.39 is 17.8 Å². The first-order valence-corrected chi connectivity index (χ1v) is 7.25. The number of anilines is 2. The van der Waals surface area contributed by atoms with Gasteiger partial charge < -0.3 is 20.2 Å². The van der Waals surface area contributed by atoms with Crippen molar-refractivity contribution >= 4 is 28.8 Å². The molecule has 1 aromatic heterocycles. The minimum Gasteiger partial charge on any atom is -0.457 e. The highest BCUT2D eigenvalue weighted by Gasteiger charge is 2.33. The van der Waals surface area contributed by atoms with Crippen LogP contribution in [0.2, 0.25) is 0 Å². The third-order valence-electron chi connectivity index (χ3n) is 3.43. The molecule has 136 valence electrons. The molecule has 3 rings (SSSR count). The zero-order valence-corrected chi connectivity index (χ0v) is 13.3. The van der Waals surface area contributed by atoms with Crippen LogP contribution in [0.3, 0.4) is 0 Å². The Balaban J connectivity index is 1.86. The number of hydrogen-bond donors (Lipinski definition) is 3. The lowest BCUT2D eigenvalue weighted by Crippen LogP contribution is -2.11. The summed E-state index contributed by atoms with van der Waals surface area (Å²) < 4.78 is 48.7. The van der Waals surface area contributed by atoms with Crippen LogP contribution in [-0.2, 0) is 10.9 Å². The van der Waals surface area contributed by atoms with Gasteiger partial charge >= 0.3 is 12.3 Å². The van der Waals surface area contributed by atoms with Crippen LogP contribution >= 0.6 is 0 Å². The summed E-state index contributed by atoms with van der Waals surface area (Å²) in [5, 5.41) is 2.37. The number of aromatic amines is 1. The highest BCUT2D eigenvalue weighted by molar-refractivity contribution is 5.86. The Labute approximate surface area is 144 Å². The van der Waals surface area contributed by atoms with Crippen LogP contribution in [0.15, 0.2) is 36.4 Å². The van der Waals surface area contributed by atoms with Gasteiger partial charge in [0.1, 0.15) is 11.5 Å². The van der Waals surface area contributed by atoms with Gasteiger partial charge in [-0.05, 0) is 30.3 Å². The highest BCUT2D eigenvalue weighted by Crippen LogP contribution is 2.37. The van der Waals surface area contributed by atoms with Crippen molar-refractivity contribution in [2.24, 2.45) is 0 Å². The first kappa shape index (κ1) is 17.4. The summed E-state index contributed by atoms with van der Waals surface area (Å²) >= 11 is 0. The van der Waals surface area contributed by atoms with Crippen molar-refractivity contribution < 1.29 is 27.4 Å². The average molecular weight is 366 g/mol. The van der Waals surface area contributed by atoms with Gasteiger partial charge in [-0.1, -0.05) is 0 Å². The number of nitrogens with two attached hydrogens (primary N) is 1. The SMILES string of the molecule is COC(=O)Nc1nc2ccc(Oc3ccc(N)c(C(F)(F)F)c3)cc2[nH]1. The van der Waals surface area contributed by atoms with E-state index in [4.69, 9.17) is 10.5 Å². The van der Waals surface area contributed by atoms with E-state index in [0.29, 0.717) is 11.0 Å². The Hall–Kier alpha value is -3.43. The number of methoxy groups -OCH3 is 1. The summed E-state index contributed by atoms with van der Waals surface area (Å²) in [4.78, 5) is 18.1. The Morgan fingerprint density at radius 3 is 2.58 bits per heavy atom. The third-order valence-corrected chi connectivity index (χ3v) is 3.43. The number of alkyl halides is 3. The summed E-state index contributed by atoms with van der Waals surface area (Å²) in [6.07, 6.45) is -5.27. The first-order valence-electron chi connectivity index (χ1n) is 7.25. The molecule has 0 spiro atoms. The number of carbonyl (C=O) groups is 1. The Morgan fingerprint density at radius 1 is 1.19 bits per heavy atom. The largest absolute Gasteiger partial charge is 0.457 e. The fourth-order valence-electron chi connectivity index (χ4n) is 2.24. The van der Waals surface area contributed by atoms with Crippen molar-refractivity contribution in [3.8, 4) is 11.5 Å². The molecule has 0 atom stereocenters. The lowest BCUT2D eigenvalue weighted by molar-refractivity contribution is -0.137. The smallest absolute Gasteiger partial charge is 0.418 e. The zero-order chi connectivity index (χ0) is 18.9. The van der Waals surface area contributed by atoms with Crippen LogP contribution in [0, 0.1) is 0 Å². The number of amides is 1. The second-order valence-electron chi connectivity index (χ2n) is 5.23. The summed E-state index contributed by atoms with van der Waals surface area (Å²) in [5.41, 5.74) is 5.05. The van der Waals surface area contributed by atoms with Crippen molar-refractivity contribution in [3.05, 3.63) is 42.0 Å². The number of ether oxygens (including phenoxy) is 2. The Morgan fingerprint density at radius 2 is 1.88 bits per heavy atom. The molecule has 0 bridgehead atoms. The molecule has 7 nitrogen and oxygen atoms in total. The molecule has 3 aromatic rings. The van der Waals surface area contributed by atoms with E-state index in [9.17, 15) is 18.0 Å². The van der Waals surface area contributed by atoms with Gasteiger partial charge in [0, 0.05) is 11.8 Å². The van der Waals surface area contributed by atoms with E-state index in [0.717, 1.165) is 12.1 Å². The molecule has 0 aliphatic rings. The van der Waals surface area contributed by atoms with E-state index in [2.05, 4.69) is 20.0 Å². The van der Waals surface area contributed by atoms with Crippen LogP contribution in [0.5, 0.6) is 11.5 Å². The topological polar surface area (TPSA) is 102 Å². The second-order valence-corrected chi connectivity index (χ2v) is 5.23. The molecule has 26 heavy (non-hydrogen) atoms. The number of imidazole rings is 1. The van der Waals surface area contributed by atoms with Gasteiger partial charge in [0.2, 0.25) is 5.95 Å². The van der Waals surface area contributed by atoms with E-state index in [1.165, 1.54) is 25.3 Å². The van der Waals surface area contributed by atoms with Crippen LogP contribution in [0.4, 0.5) is 29.6 Å². The van der Waals surface area contributed by atoms with Crippen molar-refractivity contribution in [2.75, 3.05) is 18.2 Å². The molecular weight excluding hydrogens is 353 g/mol. The minimum atomic E-state index is -4.58. The number of halogens is 3. The van der Waals surface area contributed by atoms with Crippen LogP contribution in [0.1, 0.15) is 5.56 Å². The molecule has 0 aliphatic heterocycles. The normalized spacial score (nSPS) is 11.4. The fourth-order valence-corrected chi connectivity index (χ4v) is 2.24. The molecule has 0 fully saturated rings. The number of nitrogens with zero attached hydrogens (tertiary/aromatic N) is 1. The molecule has 10 heteroatoms. The summed E-state index contributed by atoms with van der Waals surface area (Å²) in [7, 11) is 1.21. The third kappa shape index (κ3) is 3.63. The lowest BCUT2D eigenvalue weighted by atomic mass is 10.1. The number of aromatic nitrogens is 2. The van der Waals surface area contributed by atoms with Gasteiger partial charge in [0.15, 0.2) is 0 Å². The molecule has 4 N–H and O–H groups in total. The highest BCUT2D eigenvalue weighted by atomic mass is 19.4. The molecule has 0 unspecified atom stereocenters. The monoisotopic (exact) mass is 366 g/mol. The molecule has 0 saturated carbocycles. The van der Waals surface area contributed by atoms with Gasteiger partial charge in [-0.25, -0.2) is 9.78 Å². The van der Waals surface area contributed by atoms with Gasteiger partial charge in [-0.2, -0.15) is 13.2 Å². The summed E-state index contributed by atoms with van der Waals surface area (Å²) in [5.74, 6) is 0.429. The van der Waals surface area contributed by atoms with Gasteiger partial charge in [0.25, 0.3) is 0 Å². The molecular formula is C16H13F3N4O3. The molecule has 0 saturated heterocycles. The predicted molar refractivity (Wildman–Crippen MR) is 88.1 cm³/mol. The lowest BCUT2D eigenvalue weighted by Gasteiger charge is -2.12. The molecule has 1 amide bonds. The number of nitrogen functional groups attached to an aromatic ring is 1. The van der Waals surface area contributed by atoms with Crippen LogP contribution in [-0.4, -0.2) is 23.2 Å². The van der Waals surface area contributed by atoms with Crippen molar-refractivity contribution in [3.63, 3.8) is 0 Å². The Kier molecular flexibility index (Phi) is 4.33. The summed E-state index contributed by atoms with van der Waals surface area (Å²) in [6, 6.07) is 7.96. The minimum absolute atomic E-state index is 0.0155. The van der Waals surface area contributed by atoms with Crippen molar-refractivity contribution in [1.82, 2.24) is 9.97 Å². The molecule has 2 aromatic carbocycles. The van der Waals surface area contributed by atoms with Crippen molar-refractivity contribution in [2.45, 2.75) is 6.18 Å². The maximum absolute atomic E-state index is 12.9. The van der Waals surface area contributed by atoms with Gasteiger partial charge in [-0.15, -0.1) is 0 Å². The summed E-state index contributed by atoms with van der Waals surface area (Å²) in [6.45, 7) is 0. The maximum Gasteiger partial charge on any atom is 0.418 e. The predicted octanol–water partition coefficient (Wildman–Crippen LogP) is 4.13. The number of hydrogen-bond acceptors (Lipinski definition) is 5. The average Bonchev–Trinajstić information content (AvgIpc) is 2.96. The molecule has 0 aliphatic carbocycles. The fraction of sp³-hybridized carbons (Fsp3) is 0.125. The number of rotatable bonds is 3. The first-order chi connectivity index (χ1) is 12.3. The maximum atomic E-state index is 12.9. The van der Waals surface area contributed by atoms with Crippen LogP contribution < -0.4 is 15.8 Å². The number of benzene rings is 2. The van der Waals surface area contributed by atoms with Gasteiger partial charge in [0.05, 0.1) is 23.7 Å². The van der Waals surface area contributed by atoms with Gasteiger partial charge in [-0.3, -0.25) is 5.32 Å².